The van der Waals surface area contributed by atoms with E-state index in [-0.39, 0.29) is 30.9 Å². The van der Waals surface area contributed by atoms with Gasteiger partial charge in [-0.3, -0.25) is 14.4 Å². The van der Waals surface area contributed by atoms with Crippen LogP contribution in [0.25, 0.3) is 0 Å². The van der Waals surface area contributed by atoms with Gasteiger partial charge in [0.25, 0.3) is 5.91 Å². The SMILES string of the molecule is C=CCN(C)C(=O)[C@H]1[C@H]2C(=O)N([C@@H](CO)Cc3ccccc3)C(C(=O)N(CC=C)c3c(C)cccc3C)C23CC[C@]1(C)O3. The van der Waals surface area contributed by atoms with Crippen LogP contribution in [-0.4, -0.2) is 82.7 Å². The Morgan fingerprint density at radius 1 is 1.05 bits per heavy atom. The number of fused-ring (bicyclic) bond motifs is 1. The zero-order valence-electron chi connectivity index (χ0n) is 25.7. The number of hydrogen-bond acceptors (Lipinski definition) is 5. The van der Waals surface area contributed by atoms with E-state index in [1.165, 1.54) is 0 Å². The van der Waals surface area contributed by atoms with Crippen LogP contribution in [0.1, 0.15) is 36.5 Å². The summed E-state index contributed by atoms with van der Waals surface area (Å²) >= 11 is 0. The van der Waals surface area contributed by atoms with Crippen molar-refractivity contribution in [3.05, 3.63) is 90.5 Å². The number of rotatable bonds is 11. The highest BCUT2D eigenvalue weighted by Gasteiger charge is 2.78. The fourth-order valence-corrected chi connectivity index (χ4v) is 7.87. The second-order valence-electron chi connectivity index (χ2n) is 12.5. The zero-order valence-corrected chi connectivity index (χ0v) is 25.7. The molecule has 228 valence electrons. The van der Waals surface area contributed by atoms with Crippen LogP contribution in [0.3, 0.4) is 0 Å². The van der Waals surface area contributed by atoms with Crippen molar-refractivity contribution in [1.82, 2.24) is 9.80 Å². The van der Waals surface area contributed by atoms with E-state index in [1.807, 2.05) is 69.3 Å². The summed E-state index contributed by atoms with van der Waals surface area (Å²) in [5.41, 5.74) is 1.44. The second-order valence-corrected chi connectivity index (χ2v) is 12.5. The van der Waals surface area contributed by atoms with Gasteiger partial charge in [-0.2, -0.15) is 0 Å². The number of hydrogen-bond donors (Lipinski definition) is 1. The monoisotopic (exact) mass is 585 g/mol. The van der Waals surface area contributed by atoms with Crippen LogP contribution < -0.4 is 4.90 Å². The van der Waals surface area contributed by atoms with Gasteiger partial charge < -0.3 is 24.5 Å². The summed E-state index contributed by atoms with van der Waals surface area (Å²) in [4.78, 5) is 48.5. The van der Waals surface area contributed by atoms with Gasteiger partial charge in [-0.25, -0.2) is 0 Å². The lowest BCUT2D eigenvalue weighted by Crippen LogP contribution is -2.59. The van der Waals surface area contributed by atoms with Crippen molar-refractivity contribution < 1.29 is 24.2 Å². The topological polar surface area (TPSA) is 90.4 Å². The van der Waals surface area contributed by atoms with Crippen LogP contribution in [0, 0.1) is 25.7 Å². The lowest BCUT2D eigenvalue weighted by Gasteiger charge is -2.40. The van der Waals surface area contributed by atoms with Crippen molar-refractivity contribution in [2.24, 2.45) is 11.8 Å². The molecule has 8 heteroatoms. The number of para-hydroxylation sites is 1. The quantitative estimate of drug-likeness (QED) is 0.405. The second kappa shape index (κ2) is 11.7. The van der Waals surface area contributed by atoms with E-state index < -0.39 is 35.1 Å². The Kier molecular flexibility index (Phi) is 8.38. The number of ether oxygens (including phenoxy) is 1. The predicted octanol–water partition coefficient (Wildman–Crippen LogP) is 3.84. The lowest BCUT2D eigenvalue weighted by atomic mass is 9.66. The zero-order chi connectivity index (χ0) is 31.1. The maximum atomic E-state index is 15.0. The fraction of sp³-hybridized carbons (Fsp3) is 0.457. The number of carbonyl (C=O) groups excluding carboxylic acids is 3. The van der Waals surface area contributed by atoms with Gasteiger partial charge in [0.1, 0.15) is 11.6 Å². The molecule has 1 spiro atoms. The molecule has 3 saturated heterocycles. The number of carbonyl (C=O) groups is 3. The average Bonchev–Trinajstić information content (AvgIpc) is 3.56. The highest BCUT2D eigenvalue weighted by atomic mass is 16.5. The average molecular weight is 586 g/mol. The number of aryl methyl sites for hydroxylation is 2. The molecule has 3 amide bonds. The Morgan fingerprint density at radius 3 is 2.30 bits per heavy atom. The number of amides is 3. The number of aliphatic hydroxyl groups is 1. The molecule has 2 bridgehead atoms. The first-order chi connectivity index (χ1) is 20.5. The third kappa shape index (κ3) is 4.90. The molecule has 3 heterocycles. The minimum Gasteiger partial charge on any atom is -0.394 e. The first-order valence-corrected chi connectivity index (χ1v) is 15.1. The number of anilines is 1. The van der Waals surface area contributed by atoms with Crippen molar-refractivity contribution in [3.63, 3.8) is 0 Å². The fourth-order valence-electron chi connectivity index (χ4n) is 7.87. The van der Waals surface area contributed by atoms with Crippen LogP contribution in [0.2, 0.25) is 0 Å². The van der Waals surface area contributed by atoms with E-state index in [9.17, 15) is 14.7 Å². The van der Waals surface area contributed by atoms with Crippen LogP contribution in [0.5, 0.6) is 0 Å². The molecular formula is C35H43N3O5. The Hall–Kier alpha value is -3.75. The summed E-state index contributed by atoms with van der Waals surface area (Å²) in [5, 5.41) is 10.8. The van der Waals surface area contributed by atoms with Gasteiger partial charge in [0.2, 0.25) is 11.8 Å². The number of likely N-dealkylation sites (tertiary alicyclic amines) is 1. The van der Waals surface area contributed by atoms with Gasteiger partial charge in [0.15, 0.2) is 0 Å². The molecule has 2 aromatic carbocycles. The first kappa shape index (κ1) is 30.7. The van der Waals surface area contributed by atoms with Gasteiger partial charge in [-0.15, -0.1) is 13.2 Å². The molecule has 3 aliphatic heterocycles. The summed E-state index contributed by atoms with van der Waals surface area (Å²) in [7, 11) is 1.70. The van der Waals surface area contributed by atoms with E-state index in [2.05, 4.69) is 13.2 Å². The summed E-state index contributed by atoms with van der Waals surface area (Å²) in [5.74, 6) is -2.42. The Bertz CT molecular complexity index is 1410. The van der Waals surface area contributed by atoms with Gasteiger partial charge in [0.05, 0.1) is 30.1 Å². The maximum Gasteiger partial charge on any atom is 0.253 e. The highest BCUT2D eigenvalue weighted by molar-refractivity contribution is 6.06. The van der Waals surface area contributed by atoms with E-state index >= 15 is 4.79 Å². The largest absolute Gasteiger partial charge is 0.394 e. The van der Waals surface area contributed by atoms with Gasteiger partial charge in [0, 0.05) is 25.8 Å². The molecule has 3 fully saturated rings. The highest BCUT2D eigenvalue weighted by Crippen LogP contribution is 2.64. The molecule has 2 unspecified atom stereocenters. The molecule has 5 rings (SSSR count). The molecule has 1 N–H and O–H groups in total. The summed E-state index contributed by atoms with van der Waals surface area (Å²) in [6, 6.07) is 13.8. The van der Waals surface area contributed by atoms with Gasteiger partial charge in [-0.05, 0) is 56.7 Å². The molecule has 8 nitrogen and oxygen atoms in total. The Labute approximate surface area is 254 Å². The summed E-state index contributed by atoms with van der Waals surface area (Å²) < 4.78 is 6.85. The molecule has 6 atom stereocenters. The molecule has 0 radical (unpaired) electrons. The van der Waals surface area contributed by atoms with Crippen molar-refractivity contribution in [2.45, 2.75) is 63.3 Å². The molecule has 2 aromatic rings. The Morgan fingerprint density at radius 2 is 1.70 bits per heavy atom. The number of aliphatic hydroxyl groups excluding tert-OH is 1. The lowest BCUT2D eigenvalue weighted by molar-refractivity contribution is -0.151. The standard InChI is InChI=1S/C35H43N3O5/c1-7-19-36(6)31(40)27-28-32(41)38(26(22-39)21-25-15-10-9-11-16-25)30(35(28)18-17-34(27,5)43-35)33(42)37(20-8-2)29-23(3)13-12-14-24(29)4/h7-16,26-28,30,39H,1-2,17-22H2,3-6H3/t26-,27-,28+,30?,34+,35?/m1/s1. The van der Waals surface area contributed by atoms with Crippen LogP contribution in [0.4, 0.5) is 5.69 Å². The number of likely N-dealkylation sites (N-methyl/N-ethyl adjacent to an activating group) is 1. The van der Waals surface area contributed by atoms with Crippen LogP contribution in [0.15, 0.2) is 73.8 Å². The predicted molar refractivity (Wildman–Crippen MR) is 166 cm³/mol. The first-order valence-electron chi connectivity index (χ1n) is 15.1. The molecule has 43 heavy (non-hydrogen) atoms. The van der Waals surface area contributed by atoms with Crippen LogP contribution in [-0.2, 0) is 25.5 Å². The third-order valence-electron chi connectivity index (χ3n) is 9.70. The van der Waals surface area contributed by atoms with Crippen LogP contribution >= 0.6 is 0 Å². The normalized spacial score (nSPS) is 28.0. The number of nitrogens with zero attached hydrogens (tertiary/aromatic N) is 3. The molecular weight excluding hydrogens is 542 g/mol. The Balaban J connectivity index is 1.66. The van der Waals surface area contributed by atoms with E-state index in [0.717, 1.165) is 22.4 Å². The van der Waals surface area contributed by atoms with Gasteiger partial charge in [-0.1, -0.05) is 60.7 Å². The van der Waals surface area contributed by atoms with Gasteiger partial charge >= 0.3 is 0 Å². The smallest absolute Gasteiger partial charge is 0.253 e. The molecule has 0 aliphatic carbocycles. The number of benzene rings is 2. The van der Waals surface area contributed by atoms with E-state index in [1.54, 1.807) is 33.9 Å². The van der Waals surface area contributed by atoms with Crippen molar-refractivity contribution >= 4 is 23.4 Å². The van der Waals surface area contributed by atoms with E-state index in [0.29, 0.717) is 25.8 Å². The van der Waals surface area contributed by atoms with E-state index in [4.69, 9.17) is 4.74 Å². The van der Waals surface area contributed by atoms with Crippen molar-refractivity contribution in [2.75, 3.05) is 31.6 Å². The van der Waals surface area contributed by atoms with Crippen molar-refractivity contribution in [3.8, 4) is 0 Å². The summed E-state index contributed by atoms with van der Waals surface area (Å²) in [6.07, 6.45) is 4.68. The minimum atomic E-state index is -1.21. The molecule has 0 aromatic heterocycles. The van der Waals surface area contributed by atoms with Crippen molar-refractivity contribution in [1.29, 1.82) is 0 Å². The maximum absolute atomic E-state index is 15.0. The minimum absolute atomic E-state index is 0.198. The molecule has 0 saturated carbocycles. The third-order valence-corrected chi connectivity index (χ3v) is 9.70. The molecule has 3 aliphatic rings. The summed E-state index contributed by atoms with van der Waals surface area (Å²) in [6.45, 7) is 13.7.